The van der Waals surface area contributed by atoms with Gasteiger partial charge in [-0.05, 0) is 36.4 Å². The van der Waals surface area contributed by atoms with Crippen molar-refractivity contribution in [3.8, 4) is 0 Å². The first kappa shape index (κ1) is 15.9. The Morgan fingerprint density at radius 1 is 1.24 bits per heavy atom. The standard InChI is InChI=1S/C14H9BrClFN2OS/c15-7-1-3-9(13(18)21)12(5-7)19-14(20)10-6-8(16)2-4-11(10)17/h1-6H,(H2,18,21)(H,19,20). The van der Waals surface area contributed by atoms with Gasteiger partial charge in [-0.1, -0.05) is 39.7 Å². The van der Waals surface area contributed by atoms with Gasteiger partial charge in [0.2, 0.25) is 0 Å². The third-order valence-corrected chi connectivity index (χ3v) is 3.62. The van der Waals surface area contributed by atoms with Crippen molar-refractivity contribution in [1.82, 2.24) is 0 Å². The van der Waals surface area contributed by atoms with Crippen molar-refractivity contribution in [2.75, 3.05) is 5.32 Å². The molecule has 2 rings (SSSR count). The average Bonchev–Trinajstić information content (AvgIpc) is 2.41. The fraction of sp³-hybridized carbons (Fsp3) is 0. The molecule has 3 nitrogen and oxygen atoms in total. The van der Waals surface area contributed by atoms with Crippen molar-refractivity contribution in [3.63, 3.8) is 0 Å². The van der Waals surface area contributed by atoms with E-state index in [4.69, 9.17) is 29.6 Å². The second-order valence-corrected chi connectivity index (χ2v) is 5.92. The Hall–Kier alpha value is -1.50. The molecular formula is C14H9BrClFN2OS. The largest absolute Gasteiger partial charge is 0.389 e. The fourth-order valence-corrected chi connectivity index (χ4v) is 2.41. The summed E-state index contributed by atoms with van der Waals surface area (Å²) in [5.41, 5.74) is 6.33. The lowest BCUT2D eigenvalue weighted by atomic mass is 10.1. The second kappa shape index (κ2) is 6.51. The van der Waals surface area contributed by atoms with E-state index in [0.29, 0.717) is 11.3 Å². The lowest BCUT2D eigenvalue weighted by Gasteiger charge is -2.11. The highest BCUT2D eigenvalue weighted by Gasteiger charge is 2.15. The Labute approximate surface area is 139 Å². The lowest BCUT2D eigenvalue weighted by molar-refractivity contribution is 0.102. The van der Waals surface area contributed by atoms with Gasteiger partial charge in [0.25, 0.3) is 5.91 Å². The Bertz CT molecular complexity index is 739. The Balaban J connectivity index is 2.38. The summed E-state index contributed by atoms with van der Waals surface area (Å²) in [5, 5.41) is 2.85. The molecule has 0 aliphatic rings. The number of carbonyl (C=O) groups is 1. The van der Waals surface area contributed by atoms with Crippen LogP contribution in [0.4, 0.5) is 10.1 Å². The highest BCUT2D eigenvalue weighted by molar-refractivity contribution is 9.10. The van der Waals surface area contributed by atoms with Gasteiger partial charge in [0.1, 0.15) is 10.8 Å². The van der Waals surface area contributed by atoms with Crippen LogP contribution in [0.2, 0.25) is 5.02 Å². The molecule has 0 radical (unpaired) electrons. The van der Waals surface area contributed by atoms with Gasteiger partial charge < -0.3 is 11.1 Å². The lowest BCUT2D eigenvalue weighted by Crippen LogP contribution is -2.18. The fourth-order valence-electron chi connectivity index (χ4n) is 1.70. The summed E-state index contributed by atoms with van der Waals surface area (Å²) in [6.07, 6.45) is 0. The molecule has 0 saturated heterocycles. The molecule has 0 aliphatic heterocycles. The predicted molar refractivity (Wildman–Crippen MR) is 89.4 cm³/mol. The van der Waals surface area contributed by atoms with Crippen molar-refractivity contribution in [1.29, 1.82) is 0 Å². The number of nitrogens with two attached hydrogens (primary N) is 1. The van der Waals surface area contributed by atoms with Crippen LogP contribution in [-0.2, 0) is 0 Å². The number of thiocarbonyl (C=S) groups is 1. The molecule has 0 spiro atoms. The van der Waals surface area contributed by atoms with E-state index in [1.165, 1.54) is 12.1 Å². The number of halogens is 3. The molecule has 3 N–H and O–H groups in total. The van der Waals surface area contributed by atoms with Crippen molar-refractivity contribution < 1.29 is 9.18 Å². The third kappa shape index (κ3) is 3.78. The molecule has 21 heavy (non-hydrogen) atoms. The third-order valence-electron chi connectivity index (χ3n) is 2.67. The topological polar surface area (TPSA) is 55.1 Å². The normalized spacial score (nSPS) is 10.2. The minimum Gasteiger partial charge on any atom is -0.389 e. The Kier molecular flexibility index (Phi) is 4.92. The molecule has 2 aromatic rings. The molecule has 0 aliphatic carbocycles. The molecule has 0 unspecified atom stereocenters. The maximum absolute atomic E-state index is 13.7. The van der Waals surface area contributed by atoms with Crippen molar-refractivity contribution in [2.24, 2.45) is 5.73 Å². The zero-order valence-electron chi connectivity index (χ0n) is 10.5. The first-order valence-corrected chi connectivity index (χ1v) is 7.32. The Morgan fingerprint density at radius 3 is 2.62 bits per heavy atom. The van der Waals surface area contributed by atoms with Gasteiger partial charge in [0.05, 0.1) is 11.3 Å². The summed E-state index contributed by atoms with van der Waals surface area (Å²) in [6.45, 7) is 0. The van der Waals surface area contributed by atoms with E-state index >= 15 is 0 Å². The summed E-state index contributed by atoms with van der Waals surface area (Å²) >= 11 is 14.0. The van der Waals surface area contributed by atoms with Gasteiger partial charge in [0.15, 0.2) is 0 Å². The molecular weight excluding hydrogens is 379 g/mol. The maximum Gasteiger partial charge on any atom is 0.258 e. The van der Waals surface area contributed by atoms with Gasteiger partial charge in [-0.3, -0.25) is 4.79 Å². The average molecular weight is 388 g/mol. The summed E-state index contributed by atoms with van der Waals surface area (Å²) in [4.78, 5) is 12.3. The summed E-state index contributed by atoms with van der Waals surface area (Å²) in [7, 11) is 0. The molecule has 0 fully saturated rings. The Morgan fingerprint density at radius 2 is 1.95 bits per heavy atom. The molecule has 0 bridgehead atoms. The maximum atomic E-state index is 13.7. The first-order chi connectivity index (χ1) is 9.88. The van der Waals surface area contributed by atoms with Crippen LogP contribution in [0.5, 0.6) is 0 Å². The number of benzene rings is 2. The number of rotatable bonds is 3. The first-order valence-electron chi connectivity index (χ1n) is 5.74. The minimum atomic E-state index is -0.663. The van der Waals surface area contributed by atoms with E-state index < -0.39 is 11.7 Å². The van der Waals surface area contributed by atoms with E-state index in [2.05, 4.69) is 21.2 Å². The van der Waals surface area contributed by atoms with E-state index in [1.807, 2.05) is 0 Å². The van der Waals surface area contributed by atoms with Crippen molar-refractivity contribution in [3.05, 3.63) is 62.8 Å². The van der Waals surface area contributed by atoms with Crippen LogP contribution < -0.4 is 11.1 Å². The summed E-state index contributed by atoms with van der Waals surface area (Å²) in [5.74, 6) is -1.30. The summed E-state index contributed by atoms with van der Waals surface area (Å²) in [6, 6.07) is 8.79. The number of hydrogen-bond donors (Lipinski definition) is 2. The van der Waals surface area contributed by atoms with E-state index in [-0.39, 0.29) is 15.6 Å². The van der Waals surface area contributed by atoms with Crippen LogP contribution in [0.15, 0.2) is 40.9 Å². The number of amides is 1. The SMILES string of the molecule is NC(=S)c1ccc(Br)cc1NC(=O)c1cc(Cl)ccc1F. The van der Waals surface area contributed by atoms with Crippen LogP contribution in [0.1, 0.15) is 15.9 Å². The van der Waals surface area contributed by atoms with Crippen LogP contribution in [0, 0.1) is 5.82 Å². The van der Waals surface area contributed by atoms with Gasteiger partial charge >= 0.3 is 0 Å². The van der Waals surface area contributed by atoms with Gasteiger partial charge in [-0.2, -0.15) is 0 Å². The molecule has 1 amide bonds. The molecule has 0 atom stereocenters. The van der Waals surface area contributed by atoms with E-state index in [1.54, 1.807) is 18.2 Å². The van der Waals surface area contributed by atoms with Crippen LogP contribution in [0.3, 0.4) is 0 Å². The van der Waals surface area contributed by atoms with Crippen LogP contribution >= 0.6 is 39.7 Å². The monoisotopic (exact) mass is 386 g/mol. The molecule has 0 saturated carbocycles. The minimum absolute atomic E-state index is 0.129. The van der Waals surface area contributed by atoms with E-state index in [9.17, 15) is 9.18 Å². The second-order valence-electron chi connectivity index (χ2n) is 4.13. The van der Waals surface area contributed by atoms with Gasteiger partial charge in [0, 0.05) is 15.1 Å². The van der Waals surface area contributed by atoms with Crippen LogP contribution in [0.25, 0.3) is 0 Å². The highest BCUT2D eigenvalue weighted by Crippen LogP contribution is 2.23. The van der Waals surface area contributed by atoms with Crippen molar-refractivity contribution in [2.45, 2.75) is 0 Å². The zero-order chi connectivity index (χ0) is 15.6. The number of hydrogen-bond acceptors (Lipinski definition) is 2. The van der Waals surface area contributed by atoms with Crippen molar-refractivity contribution >= 4 is 56.3 Å². The molecule has 0 heterocycles. The molecule has 7 heteroatoms. The van der Waals surface area contributed by atoms with Gasteiger partial charge in [-0.15, -0.1) is 0 Å². The van der Waals surface area contributed by atoms with Crippen LogP contribution in [-0.4, -0.2) is 10.9 Å². The van der Waals surface area contributed by atoms with E-state index in [0.717, 1.165) is 10.5 Å². The summed E-state index contributed by atoms with van der Waals surface area (Å²) < 4.78 is 14.4. The molecule has 0 aromatic heterocycles. The quantitative estimate of drug-likeness (QED) is 0.779. The number of anilines is 1. The van der Waals surface area contributed by atoms with Gasteiger partial charge in [-0.25, -0.2) is 4.39 Å². The zero-order valence-corrected chi connectivity index (χ0v) is 13.7. The molecule has 2 aromatic carbocycles. The smallest absolute Gasteiger partial charge is 0.258 e. The molecule has 108 valence electrons. The number of nitrogens with one attached hydrogen (secondary N) is 1. The highest BCUT2D eigenvalue weighted by atomic mass is 79.9. The number of carbonyl (C=O) groups excluding carboxylic acids is 1. The predicted octanol–water partition coefficient (Wildman–Crippen LogP) is 4.13.